The van der Waals surface area contributed by atoms with E-state index >= 15 is 0 Å². The average molecular weight is 319 g/mol. The number of rotatable bonds is 3. The molecular weight excluding hydrogens is 302 g/mol. The molecule has 3 aromatic rings. The molecule has 5 heteroatoms. The average Bonchev–Trinajstić information content (AvgIpc) is 3.17. The number of amides is 1. The van der Waals surface area contributed by atoms with Gasteiger partial charge in [-0.1, -0.05) is 24.3 Å². The van der Waals surface area contributed by atoms with Crippen molar-refractivity contribution in [3.05, 3.63) is 77.9 Å². The summed E-state index contributed by atoms with van der Waals surface area (Å²) in [6.45, 7) is 1.81. The number of nitrogens with one attached hydrogen (secondary N) is 1. The number of aromatic nitrogens is 1. The minimum absolute atomic E-state index is 0.276. The Balaban J connectivity index is 1.46. The molecule has 0 saturated heterocycles. The molecule has 2 aromatic heterocycles. The van der Waals surface area contributed by atoms with Crippen LogP contribution in [0.3, 0.4) is 0 Å². The lowest BCUT2D eigenvalue weighted by molar-refractivity contribution is 0.0996. The van der Waals surface area contributed by atoms with Gasteiger partial charge in [0.25, 0.3) is 5.91 Å². The minimum atomic E-state index is -0.276. The van der Waals surface area contributed by atoms with E-state index in [1.165, 1.54) is 17.4 Å². The largest absolute Gasteiger partial charge is 0.459 e. The fourth-order valence-corrected chi connectivity index (χ4v) is 2.94. The van der Waals surface area contributed by atoms with Crippen LogP contribution in [0.25, 0.3) is 0 Å². The Labute approximate surface area is 139 Å². The first-order valence-corrected chi connectivity index (χ1v) is 7.92. The van der Waals surface area contributed by atoms with Crippen LogP contribution in [0, 0.1) is 0 Å². The number of fused-ring (bicyclic) bond motifs is 1. The lowest BCUT2D eigenvalue weighted by Crippen LogP contribution is -2.30. The van der Waals surface area contributed by atoms with Crippen molar-refractivity contribution in [1.29, 1.82) is 0 Å². The number of anilines is 2. The van der Waals surface area contributed by atoms with Gasteiger partial charge in [-0.05, 0) is 41.8 Å². The Bertz CT molecular complexity index is 841. The number of hydrogen-bond donors (Lipinski definition) is 1. The summed E-state index contributed by atoms with van der Waals surface area (Å²) in [5.41, 5.74) is 3.41. The second-order valence-corrected chi connectivity index (χ2v) is 5.78. The van der Waals surface area contributed by atoms with Crippen molar-refractivity contribution in [3.8, 4) is 0 Å². The first-order valence-electron chi connectivity index (χ1n) is 7.92. The highest BCUT2D eigenvalue weighted by atomic mass is 16.3. The lowest BCUT2D eigenvalue weighted by atomic mass is 10.00. The van der Waals surface area contributed by atoms with Crippen molar-refractivity contribution in [2.24, 2.45) is 0 Å². The summed E-state index contributed by atoms with van der Waals surface area (Å²) in [6.07, 6.45) is 4.18. The summed E-state index contributed by atoms with van der Waals surface area (Å²) in [6, 6.07) is 15.6. The molecule has 0 atom stereocenters. The molecule has 1 N–H and O–H groups in total. The number of hydrogen-bond acceptors (Lipinski definition) is 4. The maximum absolute atomic E-state index is 12.0. The Morgan fingerprint density at radius 2 is 1.96 bits per heavy atom. The van der Waals surface area contributed by atoms with Crippen LogP contribution in [0.1, 0.15) is 21.7 Å². The second kappa shape index (κ2) is 6.20. The molecular formula is C19H17N3O2. The Morgan fingerprint density at radius 1 is 1.08 bits per heavy atom. The SMILES string of the molecule is O=C(Nc1ccc(N2CCc3ccccc3C2)nc1)c1ccco1. The van der Waals surface area contributed by atoms with E-state index in [0.717, 1.165) is 25.3 Å². The number of carbonyl (C=O) groups excluding carboxylic acids is 1. The fourth-order valence-electron chi connectivity index (χ4n) is 2.94. The van der Waals surface area contributed by atoms with Crippen LogP contribution in [-0.4, -0.2) is 17.4 Å². The molecule has 1 amide bonds. The monoisotopic (exact) mass is 319 g/mol. The molecule has 24 heavy (non-hydrogen) atoms. The van der Waals surface area contributed by atoms with E-state index in [9.17, 15) is 4.79 Å². The minimum Gasteiger partial charge on any atom is -0.459 e. The first kappa shape index (κ1) is 14.5. The molecule has 1 aliphatic heterocycles. The molecule has 1 aromatic carbocycles. The van der Waals surface area contributed by atoms with Crippen LogP contribution in [-0.2, 0) is 13.0 Å². The van der Waals surface area contributed by atoms with E-state index in [1.807, 2.05) is 12.1 Å². The highest BCUT2D eigenvalue weighted by Crippen LogP contribution is 2.23. The van der Waals surface area contributed by atoms with Gasteiger partial charge in [-0.3, -0.25) is 4.79 Å². The number of furan rings is 1. The second-order valence-electron chi connectivity index (χ2n) is 5.78. The van der Waals surface area contributed by atoms with Gasteiger partial charge in [0.1, 0.15) is 5.82 Å². The van der Waals surface area contributed by atoms with E-state index in [1.54, 1.807) is 18.3 Å². The molecule has 3 heterocycles. The maximum atomic E-state index is 12.0. The molecule has 0 radical (unpaired) electrons. The van der Waals surface area contributed by atoms with Crippen molar-refractivity contribution in [2.75, 3.05) is 16.8 Å². The Kier molecular flexibility index (Phi) is 3.75. The summed E-state index contributed by atoms with van der Waals surface area (Å²) >= 11 is 0. The summed E-state index contributed by atoms with van der Waals surface area (Å²) in [5.74, 6) is 0.925. The standard InChI is InChI=1S/C19H17N3O2/c23-19(17-6-3-11-24-17)21-16-7-8-18(20-12-16)22-10-9-14-4-1-2-5-15(14)13-22/h1-8,11-12H,9-10,13H2,(H,21,23). The third-order valence-corrected chi connectivity index (χ3v) is 4.21. The van der Waals surface area contributed by atoms with Gasteiger partial charge >= 0.3 is 0 Å². The van der Waals surface area contributed by atoms with E-state index < -0.39 is 0 Å². The quantitative estimate of drug-likeness (QED) is 0.803. The molecule has 0 saturated carbocycles. The zero-order valence-electron chi connectivity index (χ0n) is 13.1. The van der Waals surface area contributed by atoms with Gasteiger partial charge < -0.3 is 14.6 Å². The van der Waals surface area contributed by atoms with Crippen molar-refractivity contribution in [2.45, 2.75) is 13.0 Å². The lowest BCUT2D eigenvalue weighted by Gasteiger charge is -2.29. The first-order chi connectivity index (χ1) is 11.8. The fraction of sp³-hybridized carbons (Fsp3) is 0.158. The highest BCUT2D eigenvalue weighted by Gasteiger charge is 2.17. The molecule has 4 rings (SSSR count). The zero-order valence-corrected chi connectivity index (χ0v) is 13.1. The van der Waals surface area contributed by atoms with Gasteiger partial charge in [-0.15, -0.1) is 0 Å². The van der Waals surface area contributed by atoms with Crippen molar-refractivity contribution in [1.82, 2.24) is 4.98 Å². The molecule has 0 spiro atoms. The Morgan fingerprint density at radius 3 is 2.71 bits per heavy atom. The van der Waals surface area contributed by atoms with E-state index in [0.29, 0.717) is 5.69 Å². The van der Waals surface area contributed by atoms with Gasteiger partial charge in [0, 0.05) is 13.1 Å². The molecule has 120 valence electrons. The van der Waals surface area contributed by atoms with E-state index in [-0.39, 0.29) is 11.7 Å². The van der Waals surface area contributed by atoms with Crippen LogP contribution in [0.4, 0.5) is 11.5 Å². The van der Waals surface area contributed by atoms with Crippen molar-refractivity contribution < 1.29 is 9.21 Å². The number of nitrogens with zero attached hydrogens (tertiary/aromatic N) is 2. The zero-order chi connectivity index (χ0) is 16.4. The number of benzene rings is 1. The Hall–Kier alpha value is -3.08. The third-order valence-electron chi connectivity index (χ3n) is 4.21. The van der Waals surface area contributed by atoms with Gasteiger partial charge in [0.15, 0.2) is 5.76 Å². The van der Waals surface area contributed by atoms with Crippen LogP contribution in [0.5, 0.6) is 0 Å². The smallest absolute Gasteiger partial charge is 0.291 e. The molecule has 0 unspecified atom stereocenters. The predicted octanol–water partition coefficient (Wildman–Crippen LogP) is 3.49. The van der Waals surface area contributed by atoms with Crippen molar-refractivity contribution in [3.63, 3.8) is 0 Å². The highest BCUT2D eigenvalue weighted by molar-refractivity contribution is 6.02. The molecule has 5 nitrogen and oxygen atoms in total. The van der Waals surface area contributed by atoms with Gasteiger partial charge in [0.05, 0.1) is 18.1 Å². The van der Waals surface area contributed by atoms with Crippen LogP contribution in [0.2, 0.25) is 0 Å². The number of pyridine rings is 1. The van der Waals surface area contributed by atoms with Crippen molar-refractivity contribution >= 4 is 17.4 Å². The molecule has 0 fully saturated rings. The predicted molar refractivity (Wildman–Crippen MR) is 92.1 cm³/mol. The summed E-state index contributed by atoms with van der Waals surface area (Å²) in [5, 5.41) is 2.78. The van der Waals surface area contributed by atoms with E-state index in [2.05, 4.69) is 39.5 Å². The van der Waals surface area contributed by atoms with Gasteiger partial charge in [0.2, 0.25) is 0 Å². The van der Waals surface area contributed by atoms with Crippen LogP contribution < -0.4 is 10.2 Å². The van der Waals surface area contributed by atoms with Gasteiger partial charge in [-0.2, -0.15) is 0 Å². The van der Waals surface area contributed by atoms with Crippen LogP contribution >= 0.6 is 0 Å². The van der Waals surface area contributed by atoms with Gasteiger partial charge in [-0.25, -0.2) is 4.98 Å². The summed E-state index contributed by atoms with van der Waals surface area (Å²) < 4.78 is 5.08. The molecule has 0 aliphatic carbocycles. The summed E-state index contributed by atoms with van der Waals surface area (Å²) in [4.78, 5) is 18.7. The summed E-state index contributed by atoms with van der Waals surface area (Å²) in [7, 11) is 0. The normalized spacial score (nSPS) is 13.4. The third kappa shape index (κ3) is 2.88. The molecule has 0 bridgehead atoms. The topological polar surface area (TPSA) is 58.4 Å². The van der Waals surface area contributed by atoms with Crippen LogP contribution in [0.15, 0.2) is 65.4 Å². The number of carbonyl (C=O) groups is 1. The molecule has 1 aliphatic rings. The maximum Gasteiger partial charge on any atom is 0.291 e. The van der Waals surface area contributed by atoms with E-state index in [4.69, 9.17) is 4.42 Å².